The Kier molecular flexibility index (Phi) is 4.52. The Morgan fingerprint density at radius 3 is 2.48 bits per heavy atom. The van der Waals surface area contributed by atoms with Crippen LogP contribution in [0, 0.1) is 27.3 Å². The largest absolute Gasteiger partial charge is 0.369 e. The zero-order chi connectivity index (χ0) is 17.0. The van der Waals surface area contributed by atoms with Crippen LogP contribution in [0.1, 0.15) is 17.2 Å². The van der Waals surface area contributed by atoms with Crippen molar-refractivity contribution in [3.05, 3.63) is 69.5 Å². The van der Waals surface area contributed by atoms with Crippen molar-refractivity contribution in [2.75, 3.05) is 5.32 Å². The van der Waals surface area contributed by atoms with Gasteiger partial charge in [0.25, 0.3) is 5.69 Å². The van der Waals surface area contributed by atoms with E-state index in [-0.39, 0.29) is 16.9 Å². The molecule has 0 aliphatic carbocycles. The predicted octanol–water partition coefficient (Wildman–Crippen LogP) is 2.24. The Morgan fingerprint density at radius 2 is 1.96 bits per heavy atom. The van der Waals surface area contributed by atoms with Gasteiger partial charge in [0.05, 0.1) is 16.2 Å². The van der Waals surface area contributed by atoms with Crippen molar-refractivity contribution in [3.63, 3.8) is 0 Å². The number of nitro groups is 1. The molecule has 0 aliphatic heterocycles. The Labute approximate surface area is 130 Å². The molecule has 2 rings (SSSR count). The van der Waals surface area contributed by atoms with E-state index in [4.69, 9.17) is 11.0 Å². The lowest BCUT2D eigenvalue weighted by Gasteiger charge is -2.18. The molecule has 2 aromatic rings. The number of amides is 1. The standard InChI is InChI=1S/C15H11FN4O3/c16-11-3-1-9(2-4-11)14(15(18)21)19-13-6-5-12(20(22)23)7-10(13)8-17/h1-7,14,19H,(H2,18,21). The van der Waals surface area contributed by atoms with Gasteiger partial charge >= 0.3 is 0 Å². The van der Waals surface area contributed by atoms with Crippen molar-refractivity contribution in [1.82, 2.24) is 0 Å². The number of benzene rings is 2. The highest BCUT2D eigenvalue weighted by molar-refractivity contribution is 5.85. The Bertz CT molecular complexity index is 799. The minimum atomic E-state index is -1.01. The molecule has 0 saturated carbocycles. The Hall–Kier alpha value is -3.47. The molecule has 0 bridgehead atoms. The van der Waals surface area contributed by atoms with Crippen LogP contribution in [-0.2, 0) is 4.79 Å². The predicted molar refractivity (Wildman–Crippen MR) is 79.8 cm³/mol. The number of nitriles is 1. The van der Waals surface area contributed by atoms with E-state index in [1.807, 2.05) is 6.07 Å². The third-order valence-corrected chi connectivity index (χ3v) is 3.12. The summed E-state index contributed by atoms with van der Waals surface area (Å²) in [5.41, 5.74) is 5.70. The average Bonchev–Trinajstić information content (AvgIpc) is 2.53. The van der Waals surface area contributed by atoms with Gasteiger partial charge in [-0.1, -0.05) is 12.1 Å². The van der Waals surface area contributed by atoms with E-state index in [0.717, 1.165) is 6.07 Å². The summed E-state index contributed by atoms with van der Waals surface area (Å²) < 4.78 is 13.0. The van der Waals surface area contributed by atoms with E-state index in [0.29, 0.717) is 5.56 Å². The van der Waals surface area contributed by atoms with Crippen molar-refractivity contribution in [2.24, 2.45) is 5.73 Å². The van der Waals surface area contributed by atoms with Crippen LogP contribution in [0.15, 0.2) is 42.5 Å². The summed E-state index contributed by atoms with van der Waals surface area (Å²) in [7, 11) is 0. The second-order valence-electron chi connectivity index (χ2n) is 4.63. The highest BCUT2D eigenvalue weighted by atomic mass is 19.1. The molecular formula is C15H11FN4O3. The molecule has 0 aromatic heterocycles. The first-order valence-corrected chi connectivity index (χ1v) is 6.42. The number of non-ortho nitro benzene ring substituents is 1. The van der Waals surface area contributed by atoms with Gasteiger partial charge in [0, 0.05) is 12.1 Å². The Balaban J connectivity index is 2.38. The molecule has 1 amide bonds. The monoisotopic (exact) mass is 314 g/mol. The van der Waals surface area contributed by atoms with Gasteiger partial charge in [-0.2, -0.15) is 5.26 Å². The Morgan fingerprint density at radius 1 is 1.30 bits per heavy atom. The zero-order valence-corrected chi connectivity index (χ0v) is 11.7. The van der Waals surface area contributed by atoms with Gasteiger partial charge in [0.15, 0.2) is 0 Å². The van der Waals surface area contributed by atoms with E-state index in [1.165, 1.54) is 36.4 Å². The van der Waals surface area contributed by atoms with Crippen LogP contribution >= 0.6 is 0 Å². The van der Waals surface area contributed by atoms with Crippen LogP contribution in [0.2, 0.25) is 0 Å². The first-order chi connectivity index (χ1) is 10.9. The fourth-order valence-corrected chi connectivity index (χ4v) is 1.99. The molecule has 0 heterocycles. The normalized spacial score (nSPS) is 11.3. The molecule has 0 aliphatic rings. The maximum absolute atomic E-state index is 13.0. The number of nitrogens with two attached hydrogens (primary N) is 1. The van der Waals surface area contributed by atoms with Crippen LogP contribution < -0.4 is 11.1 Å². The van der Waals surface area contributed by atoms with Gasteiger partial charge in [0.1, 0.15) is 17.9 Å². The molecule has 0 saturated heterocycles. The zero-order valence-electron chi connectivity index (χ0n) is 11.7. The second-order valence-corrected chi connectivity index (χ2v) is 4.63. The number of carbonyl (C=O) groups excluding carboxylic acids is 1. The first-order valence-electron chi connectivity index (χ1n) is 6.42. The molecule has 8 heteroatoms. The quantitative estimate of drug-likeness (QED) is 0.647. The van der Waals surface area contributed by atoms with Crippen molar-refractivity contribution in [2.45, 2.75) is 6.04 Å². The van der Waals surface area contributed by atoms with E-state index < -0.39 is 22.7 Å². The maximum atomic E-state index is 13.0. The molecule has 3 N–H and O–H groups in total. The molecule has 2 aromatic carbocycles. The van der Waals surface area contributed by atoms with Gasteiger partial charge in [-0.3, -0.25) is 14.9 Å². The fourth-order valence-electron chi connectivity index (χ4n) is 1.99. The number of carbonyl (C=O) groups is 1. The lowest BCUT2D eigenvalue weighted by molar-refractivity contribution is -0.384. The van der Waals surface area contributed by atoms with Crippen molar-refractivity contribution in [1.29, 1.82) is 5.26 Å². The summed E-state index contributed by atoms with van der Waals surface area (Å²) in [6, 6.07) is 9.53. The number of hydrogen-bond donors (Lipinski definition) is 2. The van der Waals surface area contributed by atoms with Gasteiger partial charge in [-0.15, -0.1) is 0 Å². The maximum Gasteiger partial charge on any atom is 0.270 e. The topological polar surface area (TPSA) is 122 Å². The summed E-state index contributed by atoms with van der Waals surface area (Å²) in [6.45, 7) is 0. The van der Waals surface area contributed by atoms with Crippen molar-refractivity contribution >= 4 is 17.3 Å². The second kappa shape index (κ2) is 6.53. The molecule has 0 fully saturated rings. The van der Waals surface area contributed by atoms with E-state index >= 15 is 0 Å². The summed E-state index contributed by atoms with van der Waals surface area (Å²) in [5.74, 6) is -1.20. The van der Waals surface area contributed by atoms with Crippen LogP contribution in [-0.4, -0.2) is 10.8 Å². The highest BCUT2D eigenvalue weighted by Crippen LogP contribution is 2.26. The molecule has 0 radical (unpaired) electrons. The van der Waals surface area contributed by atoms with Crippen molar-refractivity contribution in [3.8, 4) is 6.07 Å². The molecule has 7 nitrogen and oxygen atoms in total. The van der Waals surface area contributed by atoms with Crippen molar-refractivity contribution < 1.29 is 14.1 Å². The van der Waals surface area contributed by atoms with Gasteiger partial charge in [0.2, 0.25) is 5.91 Å². The SMILES string of the molecule is N#Cc1cc([N+](=O)[O-])ccc1NC(C(N)=O)c1ccc(F)cc1. The van der Waals surface area contributed by atoms with E-state index in [9.17, 15) is 19.3 Å². The van der Waals surface area contributed by atoms with Crippen LogP contribution in [0.4, 0.5) is 15.8 Å². The number of nitrogens with one attached hydrogen (secondary N) is 1. The lowest BCUT2D eigenvalue weighted by atomic mass is 10.0. The van der Waals surface area contributed by atoms with Gasteiger partial charge in [-0.05, 0) is 23.8 Å². The van der Waals surface area contributed by atoms with E-state index in [1.54, 1.807) is 0 Å². The summed E-state index contributed by atoms with van der Waals surface area (Å²) in [5, 5.41) is 22.6. The summed E-state index contributed by atoms with van der Waals surface area (Å²) in [4.78, 5) is 21.7. The highest BCUT2D eigenvalue weighted by Gasteiger charge is 2.20. The van der Waals surface area contributed by atoms with E-state index in [2.05, 4.69) is 5.32 Å². The molecular weight excluding hydrogens is 303 g/mol. The molecule has 1 unspecified atom stereocenters. The lowest BCUT2D eigenvalue weighted by Crippen LogP contribution is -2.28. The number of nitrogens with zero attached hydrogens (tertiary/aromatic N) is 2. The van der Waals surface area contributed by atoms with Crippen LogP contribution in [0.5, 0.6) is 0 Å². The minimum absolute atomic E-state index is 0.00689. The number of hydrogen-bond acceptors (Lipinski definition) is 5. The molecule has 23 heavy (non-hydrogen) atoms. The first kappa shape index (κ1) is 15.9. The fraction of sp³-hybridized carbons (Fsp3) is 0.0667. The van der Waals surface area contributed by atoms with Crippen LogP contribution in [0.25, 0.3) is 0 Å². The molecule has 116 valence electrons. The van der Waals surface area contributed by atoms with Gasteiger partial charge < -0.3 is 11.1 Å². The number of nitro benzene ring substituents is 1. The third-order valence-electron chi connectivity index (χ3n) is 3.12. The molecule has 0 spiro atoms. The minimum Gasteiger partial charge on any atom is -0.369 e. The number of anilines is 1. The van der Waals surface area contributed by atoms with Gasteiger partial charge in [-0.25, -0.2) is 4.39 Å². The smallest absolute Gasteiger partial charge is 0.270 e. The summed E-state index contributed by atoms with van der Waals surface area (Å²) in [6.07, 6.45) is 0. The summed E-state index contributed by atoms with van der Waals surface area (Å²) >= 11 is 0. The third kappa shape index (κ3) is 3.59. The number of primary amides is 1. The number of halogens is 1. The molecule has 1 atom stereocenters. The average molecular weight is 314 g/mol. The number of rotatable bonds is 5. The van der Waals surface area contributed by atoms with Crippen LogP contribution in [0.3, 0.4) is 0 Å².